The van der Waals surface area contributed by atoms with E-state index in [0.717, 1.165) is 12.3 Å². The Hall–Kier alpha value is -2.30. The summed E-state index contributed by atoms with van der Waals surface area (Å²) in [5.41, 5.74) is -0.109. The van der Waals surface area contributed by atoms with E-state index in [2.05, 4.69) is 15.3 Å². The second kappa shape index (κ2) is 7.52. The smallest absolute Gasteiger partial charge is 0.305 e. The first-order valence-electron chi connectivity index (χ1n) is 6.80. The Kier molecular flexibility index (Phi) is 5.79. The molecule has 0 saturated heterocycles. The quantitative estimate of drug-likeness (QED) is 0.736. The van der Waals surface area contributed by atoms with Crippen LogP contribution in [-0.4, -0.2) is 36.6 Å². The van der Waals surface area contributed by atoms with Gasteiger partial charge in [0.25, 0.3) is 5.91 Å². The molecule has 0 aromatic carbocycles. The minimum Gasteiger partial charge on any atom is -0.305 e. The largest absolute Gasteiger partial charge is 0.326 e. The van der Waals surface area contributed by atoms with Gasteiger partial charge in [-0.25, -0.2) is 27.6 Å². The lowest BCUT2D eigenvalue weighted by Crippen LogP contribution is -2.35. The van der Waals surface area contributed by atoms with Gasteiger partial charge in [-0.05, 0) is 24.6 Å². The van der Waals surface area contributed by atoms with Crippen LogP contribution >= 0.6 is 23.2 Å². The predicted octanol–water partition coefficient (Wildman–Crippen LogP) is 2.60. The molecule has 0 spiro atoms. The molecular weight excluding hydrogens is 410 g/mol. The van der Waals surface area contributed by atoms with Crippen molar-refractivity contribution in [3.8, 4) is 0 Å². The molecule has 26 heavy (non-hydrogen) atoms. The lowest BCUT2D eigenvalue weighted by molar-refractivity contribution is 0.0966. The number of amides is 3. The van der Waals surface area contributed by atoms with Gasteiger partial charge in [-0.2, -0.15) is 0 Å². The number of aryl methyl sites for hydroxylation is 1. The zero-order valence-electron chi connectivity index (χ0n) is 13.3. The molecule has 0 unspecified atom stereocenters. The fourth-order valence-corrected chi connectivity index (χ4v) is 3.13. The standard InChI is InChI=1S/C14H11Cl2FN4O4S/c1-6-3-4-18-13(26(2,24)25)9(6)19-14(23)21-12(22)7-5-8(17)11(16)20-10(7)15/h3-5H,1-2H3,(H2,19,21,22,23). The second-order valence-corrected chi connectivity index (χ2v) is 7.73. The molecule has 2 aromatic heterocycles. The van der Waals surface area contributed by atoms with Gasteiger partial charge < -0.3 is 5.32 Å². The summed E-state index contributed by atoms with van der Waals surface area (Å²) in [6.45, 7) is 1.54. The van der Waals surface area contributed by atoms with Crippen molar-refractivity contribution in [3.63, 3.8) is 0 Å². The van der Waals surface area contributed by atoms with Crippen molar-refractivity contribution < 1.29 is 22.4 Å². The molecule has 8 nitrogen and oxygen atoms in total. The molecule has 0 saturated carbocycles. The Morgan fingerprint density at radius 3 is 2.50 bits per heavy atom. The summed E-state index contributed by atoms with van der Waals surface area (Å²) in [7, 11) is -3.73. The zero-order valence-corrected chi connectivity index (χ0v) is 15.6. The Morgan fingerprint density at radius 1 is 1.23 bits per heavy atom. The fourth-order valence-electron chi connectivity index (χ4n) is 1.89. The van der Waals surface area contributed by atoms with E-state index in [1.165, 1.54) is 12.3 Å². The number of pyridine rings is 2. The second-order valence-electron chi connectivity index (χ2n) is 5.09. The number of hydrogen-bond acceptors (Lipinski definition) is 6. The van der Waals surface area contributed by atoms with Crippen LogP contribution in [-0.2, 0) is 9.84 Å². The molecule has 0 bridgehead atoms. The minimum absolute atomic E-state index is 0.0909. The van der Waals surface area contributed by atoms with E-state index in [4.69, 9.17) is 23.2 Å². The number of carbonyl (C=O) groups excluding carboxylic acids is 2. The highest BCUT2D eigenvalue weighted by atomic mass is 35.5. The fraction of sp³-hybridized carbons (Fsp3) is 0.143. The van der Waals surface area contributed by atoms with Crippen molar-refractivity contribution in [2.45, 2.75) is 11.9 Å². The van der Waals surface area contributed by atoms with Crippen molar-refractivity contribution in [2.75, 3.05) is 11.6 Å². The van der Waals surface area contributed by atoms with Crippen LogP contribution in [0.3, 0.4) is 0 Å². The monoisotopic (exact) mass is 420 g/mol. The summed E-state index contributed by atoms with van der Waals surface area (Å²) < 4.78 is 37.0. The number of carbonyl (C=O) groups is 2. The normalized spacial score (nSPS) is 11.1. The van der Waals surface area contributed by atoms with Crippen LogP contribution in [0.5, 0.6) is 0 Å². The number of rotatable bonds is 3. The molecule has 2 N–H and O–H groups in total. The third kappa shape index (κ3) is 4.45. The number of urea groups is 1. The van der Waals surface area contributed by atoms with E-state index in [0.29, 0.717) is 5.56 Å². The van der Waals surface area contributed by atoms with Crippen molar-refractivity contribution in [1.29, 1.82) is 0 Å². The number of anilines is 1. The number of imide groups is 1. The topological polar surface area (TPSA) is 118 Å². The van der Waals surface area contributed by atoms with Gasteiger partial charge in [-0.3, -0.25) is 10.1 Å². The van der Waals surface area contributed by atoms with E-state index in [1.807, 2.05) is 5.32 Å². The first-order valence-corrected chi connectivity index (χ1v) is 9.45. The van der Waals surface area contributed by atoms with Crippen LogP contribution in [0.2, 0.25) is 10.3 Å². The Balaban J connectivity index is 2.26. The summed E-state index contributed by atoms with van der Waals surface area (Å²) in [5.74, 6) is -2.05. The zero-order chi connectivity index (χ0) is 19.6. The van der Waals surface area contributed by atoms with Crippen LogP contribution in [0.4, 0.5) is 14.9 Å². The average Bonchev–Trinajstić information content (AvgIpc) is 2.51. The molecule has 0 aliphatic heterocycles. The minimum atomic E-state index is -3.73. The molecule has 0 radical (unpaired) electrons. The van der Waals surface area contributed by atoms with Gasteiger partial charge in [-0.1, -0.05) is 23.2 Å². The summed E-state index contributed by atoms with van der Waals surface area (Å²) in [5, 5.41) is 2.83. The van der Waals surface area contributed by atoms with Gasteiger partial charge in [0.05, 0.1) is 11.3 Å². The van der Waals surface area contributed by atoms with E-state index < -0.39 is 43.5 Å². The molecule has 3 amide bonds. The Labute approximate surface area is 157 Å². The summed E-state index contributed by atoms with van der Waals surface area (Å²) in [6.07, 6.45) is 2.19. The predicted molar refractivity (Wildman–Crippen MR) is 92.8 cm³/mol. The van der Waals surface area contributed by atoms with Gasteiger partial charge in [0.15, 0.2) is 25.8 Å². The number of aromatic nitrogens is 2. The van der Waals surface area contributed by atoms with Crippen LogP contribution in [0.25, 0.3) is 0 Å². The van der Waals surface area contributed by atoms with E-state index in [1.54, 1.807) is 6.92 Å². The number of nitrogens with one attached hydrogen (secondary N) is 2. The molecule has 12 heteroatoms. The Bertz CT molecular complexity index is 1010. The molecule has 2 heterocycles. The van der Waals surface area contributed by atoms with Crippen LogP contribution in [0.1, 0.15) is 15.9 Å². The van der Waals surface area contributed by atoms with Crippen molar-refractivity contribution in [1.82, 2.24) is 15.3 Å². The first kappa shape index (κ1) is 20.0. The molecule has 0 aliphatic rings. The highest BCUT2D eigenvalue weighted by molar-refractivity contribution is 7.90. The third-order valence-corrected chi connectivity index (χ3v) is 4.64. The summed E-state index contributed by atoms with van der Waals surface area (Å²) in [4.78, 5) is 31.2. The van der Waals surface area contributed by atoms with Crippen LogP contribution < -0.4 is 10.6 Å². The SMILES string of the molecule is Cc1ccnc(S(C)(=O)=O)c1NC(=O)NC(=O)c1cc(F)c(Cl)nc1Cl. The van der Waals surface area contributed by atoms with E-state index in [-0.39, 0.29) is 10.7 Å². The first-order chi connectivity index (χ1) is 12.0. The van der Waals surface area contributed by atoms with Crippen LogP contribution in [0, 0.1) is 12.7 Å². The maximum Gasteiger partial charge on any atom is 0.326 e. The maximum absolute atomic E-state index is 13.4. The highest BCUT2D eigenvalue weighted by Gasteiger charge is 2.21. The molecule has 0 aliphatic carbocycles. The van der Waals surface area contributed by atoms with Crippen molar-refractivity contribution >= 4 is 50.7 Å². The van der Waals surface area contributed by atoms with Gasteiger partial charge in [0, 0.05) is 12.5 Å². The molecule has 2 rings (SSSR count). The van der Waals surface area contributed by atoms with Gasteiger partial charge in [-0.15, -0.1) is 0 Å². The van der Waals surface area contributed by atoms with Crippen molar-refractivity contribution in [3.05, 3.63) is 45.6 Å². The Morgan fingerprint density at radius 2 is 1.88 bits per heavy atom. The number of halogens is 3. The van der Waals surface area contributed by atoms with E-state index >= 15 is 0 Å². The number of nitrogens with zero attached hydrogens (tertiary/aromatic N) is 2. The van der Waals surface area contributed by atoms with Gasteiger partial charge in [0.2, 0.25) is 0 Å². The molecule has 2 aromatic rings. The van der Waals surface area contributed by atoms with Gasteiger partial charge >= 0.3 is 6.03 Å². The number of sulfone groups is 1. The lowest BCUT2D eigenvalue weighted by Gasteiger charge is -2.12. The van der Waals surface area contributed by atoms with E-state index in [9.17, 15) is 22.4 Å². The summed E-state index contributed by atoms with van der Waals surface area (Å²) >= 11 is 11.1. The molecular formula is C14H11Cl2FN4O4S. The molecule has 138 valence electrons. The third-order valence-electron chi connectivity index (χ3n) is 3.07. The van der Waals surface area contributed by atoms with Crippen LogP contribution in [0.15, 0.2) is 23.4 Å². The summed E-state index contributed by atoms with van der Waals surface area (Å²) in [6, 6.07) is 1.13. The lowest BCUT2D eigenvalue weighted by atomic mass is 10.2. The van der Waals surface area contributed by atoms with Crippen molar-refractivity contribution in [2.24, 2.45) is 0 Å². The van der Waals surface area contributed by atoms with Gasteiger partial charge in [0.1, 0.15) is 5.15 Å². The molecule has 0 fully saturated rings. The number of hydrogen-bond donors (Lipinski definition) is 2. The average molecular weight is 421 g/mol. The highest BCUT2D eigenvalue weighted by Crippen LogP contribution is 2.23. The maximum atomic E-state index is 13.4. The molecule has 0 atom stereocenters.